The Balaban J connectivity index is 1.31. The molecule has 17 unspecified atom stereocenters. The van der Waals surface area contributed by atoms with Crippen LogP contribution in [-0.4, -0.2) is 193 Å². The molecule has 17 atom stereocenters. The summed E-state index contributed by atoms with van der Waals surface area (Å²) in [5.41, 5.74) is 0. The minimum Gasteiger partial charge on any atom is -0.394 e. The van der Waals surface area contributed by atoms with Gasteiger partial charge < -0.3 is 89.9 Å². The minimum atomic E-state index is -1.97. The highest BCUT2D eigenvalue weighted by Gasteiger charge is 2.53. The molecule has 3 heterocycles. The fourth-order valence-electron chi connectivity index (χ4n) is 10.3. The fourth-order valence-corrected chi connectivity index (χ4v) is 10.3. The molecule has 3 aliphatic rings. The molecule has 12 N–H and O–H groups in total. The number of amides is 1. The van der Waals surface area contributed by atoms with Crippen LogP contribution < -0.4 is 5.32 Å². The van der Waals surface area contributed by atoms with Gasteiger partial charge in [-0.3, -0.25) is 4.79 Å². The SMILES string of the molecule is CCCCCCCCCCCCCCCCCCCCCCCCCCCCC/C=C/C(O)C(COC1OC(CO)C(OC2OC(CO)C(OC3OC(CO)C(O)C(O)C3O)C(O)C2O)C(O)C1O)NC(=O)CCCC. The van der Waals surface area contributed by atoms with E-state index in [1.54, 1.807) is 6.08 Å². The summed E-state index contributed by atoms with van der Waals surface area (Å²) < 4.78 is 33.9. The molecule has 76 heavy (non-hydrogen) atoms. The van der Waals surface area contributed by atoms with Crippen LogP contribution in [0.3, 0.4) is 0 Å². The number of hydrogen-bond donors (Lipinski definition) is 12. The highest BCUT2D eigenvalue weighted by Crippen LogP contribution is 2.33. The molecule has 3 aliphatic heterocycles. The van der Waals surface area contributed by atoms with Crippen molar-refractivity contribution < 1.29 is 89.4 Å². The quantitative estimate of drug-likeness (QED) is 0.0283. The molecular formula is C57H107NO18. The lowest BCUT2D eigenvalue weighted by molar-refractivity contribution is -0.379. The number of aliphatic hydroxyl groups excluding tert-OH is 11. The number of carbonyl (C=O) groups excluding carboxylic acids is 1. The van der Waals surface area contributed by atoms with Gasteiger partial charge >= 0.3 is 0 Å². The van der Waals surface area contributed by atoms with Crippen molar-refractivity contribution in [3.63, 3.8) is 0 Å². The average molecular weight is 1090 g/mol. The topological polar surface area (TPSA) is 307 Å². The predicted molar refractivity (Wildman–Crippen MR) is 287 cm³/mol. The summed E-state index contributed by atoms with van der Waals surface area (Å²) in [4.78, 5) is 12.8. The highest BCUT2D eigenvalue weighted by molar-refractivity contribution is 5.76. The lowest BCUT2D eigenvalue weighted by Crippen LogP contribution is -2.66. The van der Waals surface area contributed by atoms with Crippen LogP contribution in [0.4, 0.5) is 0 Å². The van der Waals surface area contributed by atoms with Crippen LogP contribution >= 0.6 is 0 Å². The summed E-state index contributed by atoms with van der Waals surface area (Å²) in [6.07, 6.45) is 15.3. The Hall–Kier alpha value is -1.47. The molecule has 0 spiro atoms. The third-order valence-corrected chi connectivity index (χ3v) is 15.3. The summed E-state index contributed by atoms with van der Waals surface area (Å²) >= 11 is 0. The number of aliphatic hydroxyl groups is 11. The predicted octanol–water partition coefficient (Wildman–Crippen LogP) is 4.99. The molecule has 0 aromatic heterocycles. The van der Waals surface area contributed by atoms with Crippen molar-refractivity contribution in [3.05, 3.63) is 12.2 Å². The van der Waals surface area contributed by atoms with Gasteiger partial charge in [0.1, 0.15) is 73.2 Å². The number of allylic oxidation sites excluding steroid dienone is 1. The van der Waals surface area contributed by atoms with Crippen LogP contribution in [0.25, 0.3) is 0 Å². The molecule has 0 aromatic carbocycles. The third kappa shape index (κ3) is 25.5. The van der Waals surface area contributed by atoms with Crippen molar-refractivity contribution in [3.8, 4) is 0 Å². The Labute approximate surface area is 455 Å². The zero-order valence-electron chi connectivity index (χ0n) is 46.5. The number of nitrogens with one attached hydrogen (secondary N) is 1. The Morgan fingerprint density at radius 2 is 0.816 bits per heavy atom. The first-order valence-corrected chi connectivity index (χ1v) is 29.9. The second kappa shape index (κ2) is 41.5. The third-order valence-electron chi connectivity index (χ3n) is 15.3. The summed E-state index contributed by atoms with van der Waals surface area (Å²) in [7, 11) is 0. The van der Waals surface area contributed by atoms with E-state index in [1.807, 2.05) is 13.0 Å². The molecule has 448 valence electrons. The molecule has 19 heteroatoms. The maximum Gasteiger partial charge on any atom is 0.220 e. The van der Waals surface area contributed by atoms with Gasteiger partial charge in [0.25, 0.3) is 0 Å². The van der Waals surface area contributed by atoms with Crippen molar-refractivity contribution in [1.29, 1.82) is 0 Å². The Bertz CT molecular complexity index is 1450. The van der Waals surface area contributed by atoms with E-state index in [0.717, 1.165) is 32.1 Å². The molecule has 3 saturated heterocycles. The maximum atomic E-state index is 12.8. The molecule has 0 saturated carbocycles. The molecule has 1 amide bonds. The number of hydrogen-bond acceptors (Lipinski definition) is 18. The van der Waals surface area contributed by atoms with Gasteiger partial charge in [-0.2, -0.15) is 0 Å². The maximum absolute atomic E-state index is 12.8. The summed E-state index contributed by atoms with van der Waals surface area (Å²) in [6.45, 7) is 1.46. The first-order chi connectivity index (χ1) is 36.8. The Kier molecular flexibility index (Phi) is 37.6. The van der Waals surface area contributed by atoms with Crippen molar-refractivity contribution in [2.45, 2.75) is 317 Å². The van der Waals surface area contributed by atoms with Crippen molar-refractivity contribution in [2.75, 3.05) is 26.4 Å². The first-order valence-electron chi connectivity index (χ1n) is 29.9. The average Bonchev–Trinajstić information content (AvgIpc) is 3.42. The molecule has 3 fully saturated rings. The van der Waals surface area contributed by atoms with Gasteiger partial charge in [0.15, 0.2) is 18.9 Å². The molecule has 0 bridgehead atoms. The molecule has 0 radical (unpaired) electrons. The van der Waals surface area contributed by atoms with E-state index in [1.165, 1.54) is 154 Å². The van der Waals surface area contributed by atoms with Crippen LogP contribution in [0, 0.1) is 0 Å². The second-order valence-electron chi connectivity index (χ2n) is 21.8. The number of unbranched alkanes of at least 4 members (excludes halogenated alkanes) is 28. The lowest BCUT2D eigenvalue weighted by atomic mass is 9.96. The van der Waals surface area contributed by atoms with Crippen LogP contribution in [-0.2, 0) is 33.2 Å². The molecule has 0 aliphatic carbocycles. The number of rotatable bonds is 44. The van der Waals surface area contributed by atoms with Gasteiger partial charge in [-0.1, -0.05) is 199 Å². The number of ether oxygens (including phenoxy) is 6. The summed E-state index contributed by atoms with van der Waals surface area (Å²) in [5.74, 6) is -0.310. The fraction of sp³-hybridized carbons (Fsp3) is 0.947. The molecule has 19 nitrogen and oxygen atoms in total. The largest absolute Gasteiger partial charge is 0.394 e. The Morgan fingerprint density at radius 1 is 0.461 bits per heavy atom. The second-order valence-corrected chi connectivity index (χ2v) is 21.8. The van der Waals surface area contributed by atoms with E-state index < -0.39 is 124 Å². The van der Waals surface area contributed by atoms with E-state index in [4.69, 9.17) is 28.4 Å². The van der Waals surface area contributed by atoms with Crippen LogP contribution in [0.2, 0.25) is 0 Å². The van der Waals surface area contributed by atoms with Crippen molar-refractivity contribution in [2.24, 2.45) is 0 Å². The molecular weight excluding hydrogens is 987 g/mol. The zero-order chi connectivity index (χ0) is 55.5. The van der Waals surface area contributed by atoms with Crippen LogP contribution in [0.1, 0.15) is 213 Å². The first kappa shape index (κ1) is 68.8. The van der Waals surface area contributed by atoms with Gasteiger partial charge in [0, 0.05) is 6.42 Å². The monoisotopic (exact) mass is 1090 g/mol. The van der Waals surface area contributed by atoms with Gasteiger partial charge in [-0.25, -0.2) is 0 Å². The normalized spacial score (nSPS) is 31.0. The molecule has 3 rings (SSSR count). The van der Waals surface area contributed by atoms with Gasteiger partial charge in [-0.05, 0) is 19.3 Å². The van der Waals surface area contributed by atoms with Crippen molar-refractivity contribution >= 4 is 5.91 Å². The standard InChI is InChI=1S/C57H107NO18/c1-3-5-7-8-9-10-11-12-13-14-15-16-17-18-19-20-21-22-23-24-25-26-27-28-29-30-31-32-33-34-41(62)40(58-45(63)35-6-4-2)39-71-55-51(69)48(66)53(43(37-60)73-55)76-57-52(70)49(67)54(44(38-61)74-57)75-56-50(68)47(65)46(64)42(36-59)72-56/h33-34,40-44,46-57,59-62,64-70H,3-32,35-39H2,1-2H3,(H,58,63)/b34-33+. The van der Waals surface area contributed by atoms with E-state index in [0.29, 0.717) is 6.42 Å². The number of carbonyl (C=O) groups is 1. The van der Waals surface area contributed by atoms with Gasteiger partial charge in [0.05, 0.1) is 38.6 Å². The van der Waals surface area contributed by atoms with Gasteiger partial charge in [-0.15, -0.1) is 0 Å². The van der Waals surface area contributed by atoms with Crippen LogP contribution in [0.5, 0.6) is 0 Å². The van der Waals surface area contributed by atoms with Crippen molar-refractivity contribution in [1.82, 2.24) is 5.32 Å². The zero-order valence-corrected chi connectivity index (χ0v) is 46.5. The van der Waals surface area contributed by atoms with E-state index in [2.05, 4.69) is 12.2 Å². The molecule has 0 aromatic rings. The van der Waals surface area contributed by atoms with Crippen LogP contribution in [0.15, 0.2) is 12.2 Å². The summed E-state index contributed by atoms with van der Waals surface area (Å²) in [5, 5.41) is 119. The highest BCUT2D eigenvalue weighted by atomic mass is 16.8. The smallest absolute Gasteiger partial charge is 0.220 e. The minimum absolute atomic E-state index is 0.220. The van der Waals surface area contributed by atoms with E-state index >= 15 is 0 Å². The Morgan fingerprint density at radius 3 is 1.22 bits per heavy atom. The van der Waals surface area contributed by atoms with Gasteiger partial charge in [0.2, 0.25) is 5.91 Å². The lowest BCUT2D eigenvalue weighted by Gasteiger charge is -2.48. The summed E-state index contributed by atoms with van der Waals surface area (Å²) in [6, 6.07) is -0.963. The van der Waals surface area contributed by atoms with E-state index in [-0.39, 0.29) is 18.9 Å². The van der Waals surface area contributed by atoms with E-state index in [9.17, 15) is 61.0 Å².